The van der Waals surface area contributed by atoms with Crippen molar-refractivity contribution in [2.45, 2.75) is 12.8 Å². The second-order valence-corrected chi connectivity index (χ2v) is 4.83. The Kier molecular flexibility index (Phi) is 5.42. The van der Waals surface area contributed by atoms with E-state index in [4.69, 9.17) is 5.73 Å². The Morgan fingerprint density at radius 2 is 2.05 bits per heavy atom. The van der Waals surface area contributed by atoms with Gasteiger partial charge in [-0.05, 0) is 31.0 Å². The zero-order valence-corrected chi connectivity index (χ0v) is 12.0. The number of carbonyl (C=O) groups is 1. The molecule has 1 amide bonds. The maximum Gasteiger partial charge on any atom is 0.255 e. The summed E-state index contributed by atoms with van der Waals surface area (Å²) < 4.78 is 0. The minimum absolute atomic E-state index is 0.0000576. The van der Waals surface area contributed by atoms with Gasteiger partial charge in [-0.25, -0.2) is 0 Å². The van der Waals surface area contributed by atoms with E-state index in [9.17, 15) is 4.79 Å². The predicted octanol–water partition coefficient (Wildman–Crippen LogP) is 2.37. The Morgan fingerprint density at radius 3 is 2.63 bits per heavy atom. The van der Waals surface area contributed by atoms with Gasteiger partial charge in [-0.2, -0.15) is 0 Å². The lowest BCUT2D eigenvalue weighted by atomic mass is 10.1. The molecule has 0 aliphatic rings. The molecule has 4 heteroatoms. The molecule has 0 saturated carbocycles. The van der Waals surface area contributed by atoms with Crippen LogP contribution in [-0.4, -0.2) is 38.5 Å². The lowest BCUT2D eigenvalue weighted by Gasteiger charge is -2.22. The van der Waals surface area contributed by atoms with Crippen molar-refractivity contribution in [2.75, 3.05) is 38.3 Å². The third-order valence-corrected chi connectivity index (χ3v) is 2.98. The van der Waals surface area contributed by atoms with Gasteiger partial charge in [-0.3, -0.25) is 4.79 Å². The first kappa shape index (κ1) is 15.1. The first-order chi connectivity index (χ1) is 8.97. The minimum Gasteiger partial charge on any atom is -0.399 e. The van der Waals surface area contributed by atoms with Gasteiger partial charge in [0.25, 0.3) is 5.91 Å². The van der Waals surface area contributed by atoms with E-state index in [-0.39, 0.29) is 5.91 Å². The average Bonchev–Trinajstić information content (AvgIpc) is 2.37. The lowest BCUT2D eigenvalue weighted by molar-refractivity contribution is 0.0794. The Hall–Kier alpha value is -1.97. The second kappa shape index (κ2) is 6.83. The van der Waals surface area contributed by atoms with E-state index in [0.717, 1.165) is 18.5 Å². The van der Waals surface area contributed by atoms with Crippen LogP contribution < -0.4 is 10.6 Å². The molecule has 19 heavy (non-hydrogen) atoms. The van der Waals surface area contributed by atoms with Gasteiger partial charge in [0.2, 0.25) is 0 Å². The number of hydrogen-bond acceptors (Lipinski definition) is 3. The van der Waals surface area contributed by atoms with Crippen LogP contribution >= 0.6 is 0 Å². The van der Waals surface area contributed by atoms with Crippen molar-refractivity contribution in [1.82, 2.24) is 4.90 Å². The van der Waals surface area contributed by atoms with Crippen molar-refractivity contribution in [2.24, 2.45) is 0 Å². The monoisotopic (exact) mass is 261 g/mol. The molecule has 0 bridgehead atoms. The highest BCUT2D eigenvalue weighted by atomic mass is 16.2. The Morgan fingerprint density at radius 1 is 1.37 bits per heavy atom. The van der Waals surface area contributed by atoms with Crippen LogP contribution in [0.4, 0.5) is 11.4 Å². The topological polar surface area (TPSA) is 49.6 Å². The molecule has 0 fully saturated rings. The number of nitrogen functional groups attached to an aromatic ring is 1. The van der Waals surface area contributed by atoms with E-state index in [1.165, 1.54) is 0 Å². The normalized spacial score (nSPS) is 10.1. The third-order valence-electron chi connectivity index (χ3n) is 2.98. The molecule has 1 rings (SSSR count). The van der Waals surface area contributed by atoms with E-state index in [2.05, 4.69) is 6.58 Å². The Balaban J connectivity index is 2.91. The van der Waals surface area contributed by atoms with Crippen molar-refractivity contribution in [3.63, 3.8) is 0 Å². The summed E-state index contributed by atoms with van der Waals surface area (Å²) in [6.45, 7) is 4.40. The molecule has 2 N–H and O–H groups in total. The zero-order valence-electron chi connectivity index (χ0n) is 12.0. The maximum atomic E-state index is 12.4. The molecule has 0 unspecified atom stereocenters. The highest BCUT2D eigenvalue weighted by molar-refractivity contribution is 6.00. The van der Waals surface area contributed by atoms with Crippen LogP contribution in [0.15, 0.2) is 30.9 Å². The van der Waals surface area contributed by atoms with E-state index in [1.807, 2.05) is 44.3 Å². The molecule has 1 aromatic carbocycles. The van der Waals surface area contributed by atoms with Gasteiger partial charge in [0.1, 0.15) is 0 Å². The van der Waals surface area contributed by atoms with Crippen molar-refractivity contribution >= 4 is 17.3 Å². The lowest BCUT2D eigenvalue weighted by Crippen LogP contribution is -2.29. The van der Waals surface area contributed by atoms with Crippen molar-refractivity contribution in [3.8, 4) is 0 Å². The van der Waals surface area contributed by atoms with Gasteiger partial charge in [0.15, 0.2) is 0 Å². The molecular formula is C15H23N3O. The molecule has 1 aromatic rings. The molecule has 0 atom stereocenters. The van der Waals surface area contributed by atoms with E-state index in [0.29, 0.717) is 17.8 Å². The van der Waals surface area contributed by atoms with Gasteiger partial charge >= 0.3 is 0 Å². The molecule has 4 nitrogen and oxygen atoms in total. The van der Waals surface area contributed by atoms with E-state index < -0.39 is 0 Å². The fourth-order valence-corrected chi connectivity index (χ4v) is 1.89. The molecule has 0 saturated heterocycles. The first-order valence-electron chi connectivity index (χ1n) is 6.40. The van der Waals surface area contributed by atoms with Crippen LogP contribution in [0.5, 0.6) is 0 Å². The largest absolute Gasteiger partial charge is 0.399 e. The zero-order chi connectivity index (χ0) is 14.4. The average molecular weight is 261 g/mol. The number of carbonyl (C=O) groups excluding carboxylic acids is 1. The van der Waals surface area contributed by atoms with Gasteiger partial charge in [0.05, 0.1) is 5.56 Å². The van der Waals surface area contributed by atoms with Crippen molar-refractivity contribution < 1.29 is 4.79 Å². The molecule has 0 aliphatic carbocycles. The summed E-state index contributed by atoms with van der Waals surface area (Å²) in [6, 6.07) is 5.42. The number of nitrogens with two attached hydrogens (primary N) is 1. The summed E-state index contributed by atoms with van der Waals surface area (Å²) in [6.07, 6.45) is 3.70. The van der Waals surface area contributed by atoms with Crippen LogP contribution in [0.3, 0.4) is 0 Å². The smallest absolute Gasteiger partial charge is 0.255 e. The van der Waals surface area contributed by atoms with Gasteiger partial charge in [0, 0.05) is 39.1 Å². The Labute approximate surface area is 115 Å². The number of anilines is 2. The Bertz CT molecular complexity index is 455. The number of nitrogens with zero attached hydrogens (tertiary/aromatic N) is 2. The number of hydrogen-bond donors (Lipinski definition) is 1. The quantitative estimate of drug-likeness (QED) is 0.486. The van der Waals surface area contributed by atoms with E-state index in [1.54, 1.807) is 11.0 Å². The number of benzene rings is 1. The molecule has 0 aliphatic heterocycles. The minimum atomic E-state index is 0.0000576. The summed E-state index contributed by atoms with van der Waals surface area (Å²) in [4.78, 5) is 16.1. The van der Waals surface area contributed by atoms with Gasteiger partial charge in [-0.1, -0.05) is 6.08 Å². The van der Waals surface area contributed by atoms with Crippen LogP contribution in [0.1, 0.15) is 23.2 Å². The van der Waals surface area contributed by atoms with Crippen LogP contribution in [0, 0.1) is 0 Å². The number of unbranched alkanes of at least 4 members (excludes halogenated alkanes) is 1. The first-order valence-corrected chi connectivity index (χ1v) is 6.40. The van der Waals surface area contributed by atoms with Crippen molar-refractivity contribution in [1.29, 1.82) is 0 Å². The summed E-state index contributed by atoms with van der Waals surface area (Å²) >= 11 is 0. The molecule has 0 radical (unpaired) electrons. The maximum absolute atomic E-state index is 12.4. The third kappa shape index (κ3) is 4.02. The number of allylic oxidation sites excluding steroid dienone is 1. The number of amides is 1. The summed E-state index contributed by atoms with van der Waals surface area (Å²) in [5.74, 6) is 0.0000576. The molecule has 104 valence electrons. The van der Waals surface area contributed by atoms with Crippen LogP contribution in [-0.2, 0) is 0 Å². The van der Waals surface area contributed by atoms with E-state index >= 15 is 0 Å². The SMILES string of the molecule is C=CCCCN(C)C(=O)c1cc(N)ccc1N(C)C. The standard InChI is InChI=1S/C15H23N3O/c1-5-6-7-10-18(4)15(19)13-11-12(16)8-9-14(13)17(2)3/h5,8-9,11H,1,6-7,10,16H2,2-4H3. The van der Waals surface area contributed by atoms with Gasteiger partial charge in [-0.15, -0.1) is 6.58 Å². The fourth-order valence-electron chi connectivity index (χ4n) is 1.89. The summed E-state index contributed by atoms with van der Waals surface area (Å²) in [7, 11) is 5.65. The second-order valence-electron chi connectivity index (χ2n) is 4.83. The van der Waals surface area contributed by atoms with Crippen LogP contribution in [0.2, 0.25) is 0 Å². The highest BCUT2D eigenvalue weighted by Crippen LogP contribution is 2.22. The highest BCUT2D eigenvalue weighted by Gasteiger charge is 2.16. The molecule has 0 heterocycles. The molecular weight excluding hydrogens is 238 g/mol. The molecule has 0 aromatic heterocycles. The summed E-state index contributed by atoms with van der Waals surface area (Å²) in [5, 5.41) is 0. The molecule has 0 spiro atoms. The fraction of sp³-hybridized carbons (Fsp3) is 0.400. The predicted molar refractivity (Wildman–Crippen MR) is 81.6 cm³/mol. The number of rotatable bonds is 6. The van der Waals surface area contributed by atoms with Gasteiger partial charge < -0.3 is 15.5 Å². The van der Waals surface area contributed by atoms with Crippen molar-refractivity contribution in [3.05, 3.63) is 36.4 Å². The summed E-state index contributed by atoms with van der Waals surface area (Å²) in [5.41, 5.74) is 7.92. The van der Waals surface area contributed by atoms with Crippen LogP contribution in [0.25, 0.3) is 0 Å².